The molecule has 0 aliphatic heterocycles. The van der Waals surface area contributed by atoms with Crippen LogP contribution < -0.4 is 10.1 Å². The van der Waals surface area contributed by atoms with Crippen molar-refractivity contribution < 1.29 is 23.1 Å². The lowest BCUT2D eigenvalue weighted by molar-refractivity contribution is -0.116. The minimum Gasteiger partial charge on any atom is -0.486 e. The van der Waals surface area contributed by atoms with Crippen molar-refractivity contribution in [2.24, 2.45) is 0 Å². The molecule has 11 heteroatoms. The van der Waals surface area contributed by atoms with Crippen LogP contribution in [0, 0.1) is 0 Å². The molecular weight excluding hydrogens is 527 g/mol. The normalized spacial score (nSPS) is 11.4. The number of benzene rings is 2. The van der Waals surface area contributed by atoms with Crippen LogP contribution in [0.15, 0.2) is 67.1 Å². The van der Waals surface area contributed by atoms with Gasteiger partial charge in [0.25, 0.3) is 0 Å². The van der Waals surface area contributed by atoms with Gasteiger partial charge in [0.05, 0.1) is 29.4 Å². The zero-order chi connectivity index (χ0) is 27.0. The summed E-state index contributed by atoms with van der Waals surface area (Å²) in [6.45, 7) is 4.13. The molecule has 0 radical (unpaired) electrons. The maximum atomic E-state index is 12.7. The van der Waals surface area contributed by atoms with E-state index in [0.717, 1.165) is 16.6 Å². The van der Waals surface area contributed by atoms with Crippen molar-refractivity contribution in [2.75, 3.05) is 24.7 Å². The standard InChI is InChI=1S/C27H28ClN4O5P/c1-3-36-38(34,37-4-2)17-22(33)13-19-8-10-25-23(14-19)27(31-18-30-25)32-20-9-11-26(24(28)15-20)35-16-21-7-5-6-12-29-21/h5-12,14-15,18H,3-4,13,16-17H2,1-2H3,(H,30,31,32). The molecule has 0 atom stereocenters. The molecule has 9 nitrogen and oxygen atoms in total. The first-order chi connectivity index (χ1) is 18.4. The van der Waals surface area contributed by atoms with Crippen molar-refractivity contribution in [3.8, 4) is 5.75 Å². The van der Waals surface area contributed by atoms with E-state index in [1.165, 1.54) is 6.33 Å². The molecule has 0 saturated heterocycles. The Kier molecular flexibility index (Phi) is 9.42. The van der Waals surface area contributed by atoms with Crippen molar-refractivity contribution in [1.82, 2.24) is 15.0 Å². The summed E-state index contributed by atoms with van der Waals surface area (Å²) in [6, 6.07) is 16.4. The van der Waals surface area contributed by atoms with Crippen LogP contribution >= 0.6 is 19.2 Å². The van der Waals surface area contributed by atoms with Crippen LogP contribution in [0.3, 0.4) is 0 Å². The number of hydrogen-bond donors (Lipinski definition) is 1. The number of carbonyl (C=O) groups excluding carboxylic acids is 1. The van der Waals surface area contributed by atoms with Gasteiger partial charge in [-0.3, -0.25) is 14.3 Å². The molecule has 0 fully saturated rings. The van der Waals surface area contributed by atoms with Gasteiger partial charge in [-0.15, -0.1) is 0 Å². The minimum absolute atomic E-state index is 0.0720. The van der Waals surface area contributed by atoms with Gasteiger partial charge in [0.1, 0.15) is 36.4 Å². The van der Waals surface area contributed by atoms with Gasteiger partial charge in [0.2, 0.25) is 0 Å². The Balaban J connectivity index is 1.48. The number of pyridine rings is 1. The first-order valence-corrected chi connectivity index (χ1v) is 14.2. The minimum atomic E-state index is -3.46. The van der Waals surface area contributed by atoms with Crippen molar-refractivity contribution in [3.05, 3.63) is 83.4 Å². The maximum Gasteiger partial charge on any atom is 0.338 e. The third-order valence-corrected chi connectivity index (χ3v) is 7.76. The molecule has 0 spiro atoms. The molecule has 198 valence electrons. The summed E-state index contributed by atoms with van der Waals surface area (Å²) in [6.07, 6.45) is 2.96. The molecular formula is C27H28ClN4O5P. The van der Waals surface area contributed by atoms with Gasteiger partial charge in [0.15, 0.2) is 0 Å². The molecule has 0 unspecified atom stereocenters. The van der Waals surface area contributed by atoms with Crippen molar-refractivity contribution in [3.63, 3.8) is 0 Å². The van der Waals surface area contributed by atoms with Gasteiger partial charge in [-0.05, 0) is 61.9 Å². The van der Waals surface area contributed by atoms with Crippen molar-refractivity contribution in [2.45, 2.75) is 26.9 Å². The summed E-state index contributed by atoms with van der Waals surface area (Å²) < 4.78 is 29.0. The quantitative estimate of drug-likeness (QED) is 0.188. The number of ether oxygens (including phenoxy) is 1. The van der Waals surface area contributed by atoms with Gasteiger partial charge in [0, 0.05) is 23.7 Å². The van der Waals surface area contributed by atoms with E-state index in [1.807, 2.05) is 42.5 Å². The van der Waals surface area contributed by atoms with Gasteiger partial charge in [-0.25, -0.2) is 9.97 Å². The van der Waals surface area contributed by atoms with Gasteiger partial charge >= 0.3 is 7.60 Å². The summed E-state index contributed by atoms with van der Waals surface area (Å²) in [5.41, 5.74) is 2.94. The molecule has 0 bridgehead atoms. The molecule has 2 aromatic heterocycles. The summed E-state index contributed by atoms with van der Waals surface area (Å²) >= 11 is 6.46. The van der Waals surface area contributed by atoms with E-state index in [0.29, 0.717) is 34.4 Å². The number of nitrogens with zero attached hydrogens (tertiary/aromatic N) is 3. The highest BCUT2D eigenvalue weighted by Gasteiger charge is 2.27. The average molecular weight is 555 g/mol. The smallest absolute Gasteiger partial charge is 0.338 e. The molecule has 0 aliphatic rings. The average Bonchev–Trinajstić information content (AvgIpc) is 2.89. The van der Waals surface area contributed by atoms with Crippen LogP contribution in [0.5, 0.6) is 5.75 Å². The monoisotopic (exact) mass is 554 g/mol. The second-order valence-corrected chi connectivity index (χ2v) is 10.7. The fourth-order valence-corrected chi connectivity index (χ4v) is 5.63. The van der Waals surface area contributed by atoms with E-state index < -0.39 is 7.60 Å². The third kappa shape index (κ3) is 7.36. The second-order valence-electron chi connectivity index (χ2n) is 8.27. The van der Waals surface area contributed by atoms with Gasteiger partial charge < -0.3 is 19.1 Å². The Morgan fingerprint density at radius 3 is 2.53 bits per heavy atom. The first kappa shape index (κ1) is 27.7. The number of anilines is 2. The van der Waals surface area contributed by atoms with Gasteiger partial charge in [-0.1, -0.05) is 23.7 Å². The number of carbonyl (C=O) groups is 1. The molecule has 0 amide bonds. The van der Waals surface area contributed by atoms with E-state index in [1.54, 1.807) is 32.2 Å². The fraction of sp³-hybridized carbons (Fsp3) is 0.259. The largest absolute Gasteiger partial charge is 0.486 e. The number of ketones is 1. The molecule has 4 aromatic rings. The SMILES string of the molecule is CCOP(=O)(CC(=O)Cc1ccc2ncnc(Nc3ccc(OCc4ccccn4)c(Cl)c3)c2c1)OCC. The highest BCUT2D eigenvalue weighted by Crippen LogP contribution is 2.48. The molecule has 0 saturated carbocycles. The molecule has 38 heavy (non-hydrogen) atoms. The zero-order valence-corrected chi connectivity index (χ0v) is 22.7. The molecule has 4 rings (SSSR count). The number of hydrogen-bond acceptors (Lipinski definition) is 9. The number of rotatable bonds is 13. The lowest BCUT2D eigenvalue weighted by Crippen LogP contribution is -2.12. The van der Waals surface area contributed by atoms with Crippen LogP contribution in [-0.2, 0) is 31.4 Å². The third-order valence-electron chi connectivity index (χ3n) is 5.42. The number of fused-ring (bicyclic) bond motifs is 1. The molecule has 0 aliphatic carbocycles. The van der Waals surface area contributed by atoms with Crippen LogP contribution in [0.2, 0.25) is 5.02 Å². The van der Waals surface area contributed by atoms with Crippen LogP contribution in [-0.4, -0.2) is 40.1 Å². The highest BCUT2D eigenvalue weighted by molar-refractivity contribution is 7.54. The summed E-state index contributed by atoms with van der Waals surface area (Å²) in [5.74, 6) is 0.846. The summed E-state index contributed by atoms with van der Waals surface area (Å²) in [5, 5.41) is 4.43. The van der Waals surface area contributed by atoms with Crippen molar-refractivity contribution in [1.29, 1.82) is 0 Å². The van der Waals surface area contributed by atoms with Crippen LogP contribution in [0.1, 0.15) is 25.1 Å². The number of aromatic nitrogens is 3. The van der Waals surface area contributed by atoms with E-state index in [-0.39, 0.29) is 31.6 Å². The number of Topliss-reactive ketones (excluding diaryl/α,β-unsaturated/α-hetero) is 1. The highest BCUT2D eigenvalue weighted by atomic mass is 35.5. The predicted molar refractivity (Wildman–Crippen MR) is 147 cm³/mol. The summed E-state index contributed by atoms with van der Waals surface area (Å²) in [4.78, 5) is 25.6. The van der Waals surface area contributed by atoms with E-state index in [2.05, 4.69) is 20.3 Å². The lowest BCUT2D eigenvalue weighted by Gasteiger charge is -2.16. The Morgan fingerprint density at radius 2 is 1.82 bits per heavy atom. The predicted octanol–water partition coefficient (Wildman–Crippen LogP) is 6.38. The number of halogens is 1. The van der Waals surface area contributed by atoms with Crippen molar-refractivity contribution >= 4 is 47.4 Å². The van der Waals surface area contributed by atoms with Crippen LogP contribution in [0.25, 0.3) is 10.9 Å². The number of nitrogens with one attached hydrogen (secondary N) is 1. The zero-order valence-electron chi connectivity index (χ0n) is 21.1. The Labute approximate surface area is 226 Å². The fourth-order valence-electron chi connectivity index (χ4n) is 3.80. The molecule has 2 aromatic carbocycles. The second kappa shape index (κ2) is 12.9. The summed E-state index contributed by atoms with van der Waals surface area (Å²) in [7, 11) is -3.46. The lowest BCUT2D eigenvalue weighted by atomic mass is 10.1. The maximum absolute atomic E-state index is 12.7. The topological polar surface area (TPSA) is 113 Å². The molecule has 2 heterocycles. The molecule has 1 N–H and O–H groups in total. The van der Waals surface area contributed by atoms with E-state index >= 15 is 0 Å². The Morgan fingerprint density at radius 1 is 1.00 bits per heavy atom. The van der Waals surface area contributed by atoms with Gasteiger partial charge in [-0.2, -0.15) is 0 Å². The Bertz CT molecular complexity index is 1440. The first-order valence-electron chi connectivity index (χ1n) is 12.1. The van der Waals surface area contributed by atoms with E-state index in [9.17, 15) is 9.36 Å². The van der Waals surface area contributed by atoms with E-state index in [4.69, 9.17) is 25.4 Å². The van der Waals surface area contributed by atoms with Crippen LogP contribution in [0.4, 0.5) is 11.5 Å². The Hall–Kier alpha value is -3.36.